The van der Waals surface area contributed by atoms with E-state index in [-0.39, 0.29) is 24.1 Å². The number of nitrogens with zero attached hydrogens (tertiary/aromatic N) is 2. The van der Waals surface area contributed by atoms with Gasteiger partial charge in [-0.05, 0) is 55.5 Å². The summed E-state index contributed by atoms with van der Waals surface area (Å²) in [4.78, 5) is 34.4. The molecule has 0 aliphatic carbocycles. The maximum absolute atomic E-state index is 13.2. The number of carboxylic acids is 1. The SMILES string of the molecule is O=C(O)CCCCc1nc2cc(C(=O)NC3CCS(O)(O)c4ccccc43)ccc2nc1-c1ccccc1. The molecule has 0 saturated carbocycles. The van der Waals surface area contributed by atoms with E-state index in [4.69, 9.17) is 15.1 Å². The number of amides is 1. The summed E-state index contributed by atoms with van der Waals surface area (Å²) in [6, 6.07) is 21.7. The largest absolute Gasteiger partial charge is 0.481 e. The molecule has 1 amide bonds. The van der Waals surface area contributed by atoms with E-state index in [1.807, 2.05) is 42.5 Å². The highest BCUT2D eigenvalue weighted by Crippen LogP contribution is 2.55. The van der Waals surface area contributed by atoms with Crippen LogP contribution in [0, 0.1) is 0 Å². The number of rotatable bonds is 8. The third kappa shape index (κ3) is 5.55. The number of unbranched alkanes of at least 4 members (excludes halogenated alkanes) is 1. The highest BCUT2D eigenvalue weighted by Gasteiger charge is 2.31. The number of fused-ring (bicyclic) bond motifs is 2. The number of hydrogen-bond donors (Lipinski definition) is 4. The predicted molar refractivity (Wildman–Crippen MR) is 147 cm³/mol. The van der Waals surface area contributed by atoms with E-state index in [1.54, 1.807) is 30.3 Å². The quantitative estimate of drug-likeness (QED) is 0.203. The zero-order valence-electron chi connectivity index (χ0n) is 20.7. The van der Waals surface area contributed by atoms with Crippen molar-refractivity contribution in [1.82, 2.24) is 15.3 Å². The van der Waals surface area contributed by atoms with Crippen molar-refractivity contribution in [3.05, 3.63) is 89.6 Å². The zero-order chi connectivity index (χ0) is 26.7. The van der Waals surface area contributed by atoms with Gasteiger partial charge in [0.05, 0.1) is 33.4 Å². The molecule has 1 unspecified atom stereocenters. The minimum Gasteiger partial charge on any atom is -0.481 e. The molecule has 1 aliphatic heterocycles. The van der Waals surface area contributed by atoms with E-state index in [2.05, 4.69) is 5.32 Å². The fourth-order valence-electron chi connectivity index (χ4n) is 4.81. The molecule has 0 radical (unpaired) electrons. The van der Waals surface area contributed by atoms with Crippen molar-refractivity contribution in [2.75, 3.05) is 5.75 Å². The maximum atomic E-state index is 13.2. The predicted octanol–water partition coefficient (Wildman–Crippen LogP) is 6.08. The minimum atomic E-state index is -2.85. The first-order valence-electron chi connectivity index (χ1n) is 12.6. The standard InChI is InChI=1S/C29H29N3O5S/c33-27(34)13-7-5-11-24-28(19-8-2-1-3-9-19)31-23-15-14-20(18-25(23)30-24)29(35)32-22-16-17-38(36,37)26-12-6-4-10-21(22)26/h1-4,6,8-10,12,14-15,18,22,36-37H,5,7,11,13,16-17H2,(H,32,35)(H,33,34). The summed E-state index contributed by atoms with van der Waals surface area (Å²) in [6.45, 7) is 0. The lowest BCUT2D eigenvalue weighted by atomic mass is 10.0. The molecule has 0 fully saturated rings. The number of carboxylic acid groups (broad SMARTS) is 1. The second-order valence-electron chi connectivity index (χ2n) is 9.41. The Kier molecular flexibility index (Phi) is 7.42. The van der Waals surface area contributed by atoms with Crippen LogP contribution in [0.3, 0.4) is 0 Å². The monoisotopic (exact) mass is 531 g/mol. The van der Waals surface area contributed by atoms with E-state index < -0.39 is 16.6 Å². The molecule has 38 heavy (non-hydrogen) atoms. The summed E-state index contributed by atoms with van der Waals surface area (Å²) in [5.74, 6) is -0.896. The second-order valence-corrected chi connectivity index (χ2v) is 11.6. The van der Waals surface area contributed by atoms with Crippen molar-refractivity contribution in [2.45, 2.75) is 43.0 Å². The average molecular weight is 532 g/mol. The Labute approximate surface area is 222 Å². The molecule has 1 atom stereocenters. The van der Waals surface area contributed by atoms with Crippen LogP contribution >= 0.6 is 10.6 Å². The van der Waals surface area contributed by atoms with Crippen LogP contribution in [0.2, 0.25) is 0 Å². The lowest BCUT2D eigenvalue weighted by Crippen LogP contribution is -2.33. The topological polar surface area (TPSA) is 133 Å². The lowest BCUT2D eigenvalue weighted by Gasteiger charge is -2.41. The molecular weight excluding hydrogens is 502 g/mol. The molecule has 4 aromatic rings. The highest BCUT2D eigenvalue weighted by molar-refractivity contribution is 8.24. The molecule has 0 spiro atoms. The number of nitrogens with one attached hydrogen (secondary N) is 1. The third-order valence-electron chi connectivity index (χ3n) is 6.74. The van der Waals surface area contributed by atoms with Gasteiger partial charge in [0.2, 0.25) is 0 Å². The fraction of sp³-hybridized carbons (Fsp3) is 0.241. The number of aryl methyl sites for hydroxylation is 1. The van der Waals surface area contributed by atoms with Gasteiger partial charge in [0.15, 0.2) is 0 Å². The van der Waals surface area contributed by atoms with Gasteiger partial charge >= 0.3 is 5.97 Å². The van der Waals surface area contributed by atoms with Gasteiger partial charge < -0.3 is 10.4 Å². The zero-order valence-corrected chi connectivity index (χ0v) is 21.5. The van der Waals surface area contributed by atoms with Crippen LogP contribution in [0.25, 0.3) is 22.3 Å². The summed E-state index contributed by atoms with van der Waals surface area (Å²) in [5, 5.41) is 12.0. The van der Waals surface area contributed by atoms with Crippen molar-refractivity contribution in [2.24, 2.45) is 0 Å². The van der Waals surface area contributed by atoms with Crippen LogP contribution < -0.4 is 5.32 Å². The van der Waals surface area contributed by atoms with Gasteiger partial charge in [-0.25, -0.2) is 9.97 Å². The molecule has 196 valence electrons. The molecule has 4 N–H and O–H groups in total. The van der Waals surface area contributed by atoms with Gasteiger partial charge in [0, 0.05) is 23.3 Å². The summed E-state index contributed by atoms with van der Waals surface area (Å²) in [7, 11) is -2.85. The van der Waals surface area contributed by atoms with Crippen molar-refractivity contribution in [3.8, 4) is 11.3 Å². The van der Waals surface area contributed by atoms with Gasteiger partial charge in [-0.1, -0.05) is 48.5 Å². The molecule has 0 saturated heterocycles. The molecule has 3 aromatic carbocycles. The smallest absolute Gasteiger partial charge is 0.303 e. The molecule has 0 bridgehead atoms. The van der Waals surface area contributed by atoms with E-state index in [1.165, 1.54) is 0 Å². The summed E-state index contributed by atoms with van der Waals surface area (Å²) >= 11 is 0. The number of aliphatic carboxylic acids is 1. The first-order chi connectivity index (χ1) is 18.3. The van der Waals surface area contributed by atoms with Gasteiger partial charge in [-0.15, -0.1) is 0 Å². The maximum Gasteiger partial charge on any atom is 0.303 e. The van der Waals surface area contributed by atoms with E-state index in [9.17, 15) is 18.7 Å². The van der Waals surface area contributed by atoms with Gasteiger partial charge in [0.25, 0.3) is 5.91 Å². The highest BCUT2D eigenvalue weighted by atomic mass is 32.3. The third-order valence-corrected chi connectivity index (χ3v) is 8.62. The van der Waals surface area contributed by atoms with Crippen LogP contribution in [0.15, 0.2) is 77.7 Å². The Morgan fingerprint density at radius 1 is 0.921 bits per heavy atom. The van der Waals surface area contributed by atoms with Gasteiger partial charge in [-0.2, -0.15) is 10.6 Å². The van der Waals surface area contributed by atoms with Crippen molar-refractivity contribution < 1.29 is 23.8 Å². The van der Waals surface area contributed by atoms with E-state index in [0.29, 0.717) is 47.2 Å². The number of carbonyl (C=O) groups excluding carboxylic acids is 1. The normalized spacial score (nSPS) is 16.9. The first-order valence-corrected chi connectivity index (χ1v) is 14.3. The number of hydrogen-bond acceptors (Lipinski definition) is 6. The first kappa shape index (κ1) is 25.8. The molecule has 1 aliphatic rings. The van der Waals surface area contributed by atoms with E-state index >= 15 is 0 Å². The Bertz CT molecular complexity index is 1490. The molecule has 5 rings (SSSR count). The number of aromatic nitrogens is 2. The number of benzene rings is 3. The average Bonchev–Trinajstić information content (AvgIpc) is 2.92. The van der Waals surface area contributed by atoms with Gasteiger partial charge in [-0.3, -0.25) is 18.7 Å². The van der Waals surface area contributed by atoms with Crippen LogP contribution in [-0.2, 0) is 11.2 Å². The van der Waals surface area contributed by atoms with Crippen molar-refractivity contribution in [3.63, 3.8) is 0 Å². The summed E-state index contributed by atoms with van der Waals surface area (Å²) < 4.78 is 20.9. The van der Waals surface area contributed by atoms with Crippen LogP contribution in [-0.4, -0.2) is 41.8 Å². The van der Waals surface area contributed by atoms with Crippen LogP contribution in [0.5, 0.6) is 0 Å². The van der Waals surface area contributed by atoms with Crippen LogP contribution in [0.1, 0.15) is 53.3 Å². The van der Waals surface area contributed by atoms with Crippen molar-refractivity contribution in [1.29, 1.82) is 0 Å². The van der Waals surface area contributed by atoms with E-state index in [0.717, 1.165) is 22.5 Å². The Hall–Kier alpha value is -3.79. The molecule has 8 nitrogen and oxygen atoms in total. The fourth-order valence-corrected chi connectivity index (χ4v) is 6.48. The van der Waals surface area contributed by atoms with Gasteiger partial charge in [0.1, 0.15) is 0 Å². The Morgan fingerprint density at radius 2 is 1.68 bits per heavy atom. The lowest BCUT2D eigenvalue weighted by molar-refractivity contribution is -0.137. The molecule has 9 heteroatoms. The molecule has 1 aromatic heterocycles. The summed E-state index contributed by atoms with van der Waals surface area (Å²) in [6.07, 6.45) is 2.30. The Morgan fingerprint density at radius 3 is 2.47 bits per heavy atom. The second kappa shape index (κ2) is 10.9. The summed E-state index contributed by atoms with van der Waals surface area (Å²) in [5.41, 5.74) is 4.85. The Balaban J connectivity index is 1.43. The van der Waals surface area contributed by atoms with Crippen molar-refractivity contribution >= 4 is 33.5 Å². The molecule has 2 heterocycles. The minimum absolute atomic E-state index is 0.103. The molecular formula is C29H29N3O5S. The van der Waals surface area contributed by atoms with Crippen LogP contribution in [0.4, 0.5) is 0 Å². The number of carbonyl (C=O) groups is 2.